The van der Waals surface area contributed by atoms with E-state index >= 15 is 0 Å². The summed E-state index contributed by atoms with van der Waals surface area (Å²) in [4.78, 5) is 13.2. The highest BCUT2D eigenvalue weighted by Crippen LogP contribution is 2.51. The fourth-order valence-electron chi connectivity index (χ4n) is 6.56. The lowest BCUT2D eigenvalue weighted by Crippen LogP contribution is -2.67. The highest BCUT2D eigenvalue weighted by Gasteiger charge is 2.62. The summed E-state index contributed by atoms with van der Waals surface area (Å²) < 4.78 is 28.8. The van der Waals surface area contributed by atoms with Gasteiger partial charge in [0.15, 0.2) is 18.5 Å². The van der Waals surface area contributed by atoms with Gasteiger partial charge in [0.1, 0.15) is 48.1 Å². The van der Waals surface area contributed by atoms with E-state index in [4.69, 9.17) is 23.7 Å². The van der Waals surface area contributed by atoms with Crippen LogP contribution >= 0.6 is 0 Å². The fourth-order valence-corrected chi connectivity index (χ4v) is 6.56. The Morgan fingerprint density at radius 2 is 1.73 bits per heavy atom. The Morgan fingerprint density at radius 3 is 2.42 bits per heavy atom. The maximum Gasteiger partial charge on any atom is 0.331 e. The van der Waals surface area contributed by atoms with Crippen LogP contribution < -0.4 is 0 Å². The maximum absolute atomic E-state index is 13.2. The summed E-state index contributed by atoms with van der Waals surface area (Å²) >= 11 is 0. The smallest absolute Gasteiger partial charge is 0.331 e. The summed E-state index contributed by atoms with van der Waals surface area (Å²) in [5.74, 6) is -3.41. The molecule has 0 amide bonds. The van der Waals surface area contributed by atoms with Crippen molar-refractivity contribution < 1.29 is 74.4 Å². The van der Waals surface area contributed by atoms with Crippen LogP contribution in [0.2, 0.25) is 0 Å². The van der Waals surface area contributed by atoms with Crippen molar-refractivity contribution in [2.75, 3.05) is 13.2 Å². The van der Waals surface area contributed by atoms with Crippen LogP contribution in [0.25, 0.3) is 0 Å². The molecule has 3 heterocycles. The first-order valence-corrected chi connectivity index (χ1v) is 17.8. The second-order valence-electron chi connectivity index (χ2n) is 13.8. The van der Waals surface area contributed by atoms with Gasteiger partial charge in [-0.3, -0.25) is 0 Å². The molecule has 1 spiro atoms. The highest BCUT2D eigenvalue weighted by atomic mass is 16.8. The Balaban J connectivity index is 1.49. The van der Waals surface area contributed by atoms with Crippen LogP contribution in [-0.4, -0.2) is 126 Å². The van der Waals surface area contributed by atoms with E-state index in [0.29, 0.717) is 12.3 Å². The number of aliphatic hydroxyl groups excluding tert-OH is 7. The molecular formula is C37H54O15. The first-order valence-electron chi connectivity index (χ1n) is 17.8. The molecule has 0 aliphatic carbocycles. The number of rotatable bonds is 16. The van der Waals surface area contributed by atoms with Crippen LogP contribution in [-0.2, 0) is 40.9 Å². The molecule has 1 aromatic carbocycles. The third-order valence-corrected chi connectivity index (χ3v) is 9.92. The minimum Gasteiger partial charge on any atom is -0.508 e. The number of phenols is 2. The first-order chi connectivity index (χ1) is 24.8. The van der Waals surface area contributed by atoms with E-state index in [-0.39, 0.29) is 29.4 Å². The number of hydrogen-bond acceptors (Lipinski definition) is 15. The summed E-state index contributed by atoms with van der Waals surface area (Å²) in [6.07, 6.45) is -1.72. The SMILES string of the molecule is CCC(C)/C=C/CCCC(C)C(O)C/C=C/C=C\C(=O)OC1C(OC2OC(CO)C(O)C(O)C2O)C(CO)OC2(OCc3cc(O)cc(O)c32)C1O. The van der Waals surface area contributed by atoms with Gasteiger partial charge in [-0.25, -0.2) is 4.79 Å². The van der Waals surface area contributed by atoms with Gasteiger partial charge >= 0.3 is 5.97 Å². The van der Waals surface area contributed by atoms with Crippen molar-refractivity contribution in [2.24, 2.45) is 11.8 Å². The molecule has 52 heavy (non-hydrogen) atoms. The number of aliphatic hydroxyl groups is 7. The molecule has 13 atom stereocenters. The highest BCUT2D eigenvalue weighted by molar-refractivity contribution is 5.82. The molecule has 15 nitrogen and oxygen atoms in total. The summed E-state index contributed by atoms with van der Waals surface area (Å²) in [5, 5.41) is 94.3. The van der Waals surface area contributed by atoms with Crippen LogP contribution in [0.4, 0.5) is 0 Å². The van der Waals surface area contributed by atoms with E-state index in [1.54, 1.807) is 12.2 Å². The minimum atomic E-state index is -2.22. The Kier molecular flexibility index (Phi) is 15.2. The van der Waals surface area contributed by atoms with Crippen molar-refractivity contribution in [1.82, 2.24) is 0 Å². The zero-order chi connectivity index (χ0) is 38.2. The largest absolute Gasteiger partial charge is 0.508 e. The maximum atomic E-state index is 13.2. The number of unbranched alkanes of at least 4 members (excludes halogenated alkanes) is 1. The first kappa shape index (κ1) is 41.8. The summed E-state index contributed by atoms with van der Waals surface area (Å²) in [6, 6.07) is 2.28. The number of aromatic hydroxyl groups is 2. The van der Waals surface area contributed by atoms with E-state index in [0.717, 1.165) is 37.8 Å². The second-order valence-corrected chi connectivity index (χ2v) is 13.8. The van der Waals surface area contributed by atoms with Gasteiger partial charge in [-0.05, 0) is 49.1 Å². The monoisotopic (exact) mass is 738 g/mol. The van der Waals surface area contributed by atoms with Crippen molar-refractivity contribution >= 4 is 5.97 Å². The molecule has 4 rings (SSSR count). The quantitative estimate of drug-likeness (QED) is 0.0376. The van der Waals surface area contributed by atoms with E-state index in [9.17, 15) is 50.8 Å². The third kappa shape index (κ3) is 9.59. The molecule has 292 valence electrons. The number of benzene rings is 1. The van der Waals surface area contributed by atoms with Gasteiger partial charge in [-0.1, -0.05) is 57.6 Å². The second kappa shape index (κ2) is 18.9. The lowest BCUT2D eigenvalue weighted by Gasteiger charge is -2.50. The van der Waals surface area contributed by atoms with Crippen LogP contribution in [0.1, 0.15) is 64.0 Å². The number of allylic oxidation sites excluding steroid dienone is 4. The molecule has 0 saturated carbocycles. The number of hydrogen-bond donors (Lipinski definition) is 9. The van der Waals surface area contributed by atoms with Crippen molar-refractivity contribution in [2.45, 2.75) is 126 Å². The van der Waals surface area contributed by atoms with Gasteiger partial charge in [0.25, 0.3) is 0 Å². The molecular weight excluding hydrogens is 684 g/mol. The minimum absolute atomic E-state index is 0.0596. The van der Waals surface area contributed by atoms with Gasteiger partial charge in [0, 0.05) is 12.1 Å². The Labute approximate surface area is 303 Å². The molecule has 3 aliphatic heterocycles. The number of esters is 1. The Bertz CT molecular complexity index is 1400. The molecule has 2 fully saturated rings. The number of phenolic OH excluding ortho intramolecular Hbond substituents is 2. The van der Waals surface area contributed by atoms with E-state index in [2.05, 4.69) is 26.0 Å². The van der Waals surface area contributed by atoms with Crippen molar-refractivity contribution in [3.63, 3.8) is 0 Å². The van der Waals surface area contributed by atoms with Gasteiger partial charge < -0.3 is 69.6 Å². The normalized spacial score (nSPS) is 33.9. The van der Waals surface area contributed by atoms with Gasteiger partial charge in [-0.15, -0.1) is 0 Å². The zero-order valence-corrected chi connectivity index (χ0v) is 29.7. The number of ether oxygens (including phenoxy) is 5. The van der Waals surface area contributed by atoms with Crippen LogP contribution in [0.15, 0.2) is 48.6 Å². The summed E-state index contributed by atoms with van der Waals surface area (Å²) in [7, 11) is 0. The lowest BCUT2D eigenvalue weighted by molar-refractivity contribution is -0.395. The molecule has 2 saturated heterocycles. The average Bonchev–Trinajstić information content (AvgIpc) is 3.49. The number of carbonyl (C=O) groups is 1. The molecule has 1 aromatic rings. The van der Waals surface area contributed by atoms with Gasteiger partial charge in [0.2, 0.25) is 5.79 Å². The van der Waals surface area contributed by atoms with E-state index < -0.39 is 91.9 Å². The third-order valence-electron chi connectivity index (χ3n) is 9.92. The van der Waals surface area contributed by atoms with Crippen LogP contribution in [0.5, 0.6) is 11.5 Å². The van der Waals surface area contributed by atoms with Crippen molar-refractivity contribution in [3.8, 4) is 11.5 Å². The van der Waals surface area contributed by atoms with E-state index in [1.165, 1.54) is 12.1 Å². The van der Waals surface area contributed by atoms with Crippen LogP contribution in [0.3, 0.4) is 0 Å². The fraction of sp³-hybridized carbons (Fsp3) is 0.649. The summed E-state index contributed by atoms with van der Waals surface area (Å²) in [5.41, 5.74) is 0.156. The predicted octanol–water partition coefficient (Wildman–Crippen LogP) is 0.902. The zero-order valence-electron chi connectivity index (χ0n) is 29.7. The lowest BCUT2D eigenvalue weighted by atomic mass is 9.86. The number of fused-ring (bicyclic) bond motifs is 2. The van der Waals surface area contributed by atoms with Crippen molar-refractivity contribution in [3.05, 3.63) is 59.7 Å². The standard InChI is InChI=1S/C37H54O15/c1-4-20(2)11-7-5-8-12-21(3)24(41)13-9-6-10-14-28(43)50-34-33(51-36-32(46)31(45)30(44)26(17-38)49-36)27(18-39)52-37(35(34)47)29-22(19-48-37)15-23(40)16-25(29)42/h6-7,9-11,14-16,20-21,24,26-27,30-36,38-42,44-47H,4-5,8,12-13,17-19H2,1-3H3/b9-6+,11-7+,14-10-. The molecule has 9 N–H and O–H groups in total. The predicted molar refractivity (Wildman–Crippen MR) is 183 cm³/mol. The molecule has 0 aromatic heterocycles. The Morgan fingerprint density at radius 1 is 1.00 bits per heavy atom. The van der Waals surface area contributed by atoms with Gasteiger partial charge in [0.05, 0.1) is 31.5 Å². The Hall–Kier alpha value is -2.93. The van der Waals surface area contributed by atoms with Crippen LogP contribution in [0, 0.1) is 11.8 Å². The van der Waals surface area contributed by atoms with E-state index in [1.807, 2.05) is 6.92 Å². The topological polar surface area (TPSA) is 245 Å². The molecule has 0 radical (unpaired) electrons. The molecule has 3 aliphatic rings. The molecule has 13 unspecified atom stereocenters. The molecule has 0 bridgehead atoms. The molecule has 15 heteroatoms. The number of carbonyl (C=O) groups excluding carboxylic acids is 1. The van der Waals surface area contributed by atoms with Gasteiger partial charge in [-0.2, -0.15) is 0 Å². The average molecular weight is 739 g/mol. The van der Waals surface area contributed by atoms with Crippen molar-refractivity contribution in [1.29, 1.82) is 0 Å². The summed E-state index contributed by atoms with van der Waals surface area (Å²) in [6.45, 7) is 4.44.